The van der Waals surface area contributed by atoms with Crippen LogP contribution in [-0.4, -0.2) is 27.1 Å². The molecular weight excluding hydrogens is 294 g/mol. The van der Waals surface area contributed by atoms with Crippen molar-refractivity contribution >= 4 is 33.6 Å². The molecule has 0 amide bonds. The van der Waals surface area contributed by atoms with Gasteiger partial charge in [0.25, 0.3) is 0 Å². The van der Waals surface area contributed by atoms with Gasteiger partial charge in [-0.05, 0) is 12.1 Å². The van der Waals surface area contributed by atoms with Gasteiger partial charge >= 0.3 is 0 Å². The fraction of sp³-hybridized carbons (Fsp3) is 0.222. The largest absolute Gasteiger partial charge is 0.550 e. The molecule has 0 radical (unpaired) electrons. The van der Waals surface area contributed by atoms with Crippen LogP contribution in [0.5, 0.6) is 0 Å². The van der Waals surface area contributed by atoms with Crippen LogP contribution in [-0.2, 0) is 11.2 Å². The first-order chi connectivity index (χ1) is 10.8. The average Bonchev–Trinajstić information content (AvgIpc) is 2.46. The van der Waals surface area contributed by atoms with Gasteiger partial charge in [-0.25, -0.2) is 0 Å². The number of hydrogen-bond donors (Lipinski definition) is 0. The fourth-order valence-electron chi connectivity index (χ4n) is 2.64. The summed E-state index contributed by atoms with van der Waals surface area (Å²) >= 11 is 0. The Labute approximate surface area is 133 Å². The van der Waals surface area contributed by atoms with Crippen molar-refractivity contribution < 1.29 is 14.3 Å². The standard InChI is InChI=1S/C18H17NO4/c1-19(2,3)12-7-8-15-14(10-12)17(22)13-6-4-5-11(9-16(20)21)18(13)23-15/h4-8,10H,9H2,1-3H3. The van der Waals surface area contributed by atoms with Crippen molar-refractivity contribution in [2.45, 2.75) is 6.42 Å². The fourth-order valence-corrected chi connectivity index (χ4v) is 2.64. The molecule has 0 aliphatic heterocycles. The highest BCUT2D eigenvalue weighted by Crippen LogP contribution is 2.26. The number of para-hydroxylation sites is 1. The lowest BCUT2D eigenvalue weighted by atomic mass is 10.1. The van der Waals surface area contributed by atoms with E-state index in [9.17, 15) is 14.7 Å². The van der Waals surface area contributed by atoms with Gasteiger partial charge in [0.1, 0.15) is 16.9 Å². The first-order valence-corrected chi connectivity index (χ1v) is 7.28. The first-order valence-electron chi connectivity index (χ1n) is 7.28. The normalized spacial score (nSPS) is 12.0. The predicted molar refractivity (Wildman–Crippen MR) is 88.3 cm³/mol. The number of rotatable bonds is 3. The van der Waals surface area contributed by atoms with Gasteiger partial charge in [-0.3, -0.25) is 9.28 Å². The van der Waals surface area contributed by atoms with Gasteiger partial charge in [-0.1, -0.05) is 12.1 Å². The average molecular weight is 311 g/mol. The van der Waals surface area contributed by atoms with Crippen LogP contribution in [0.2, 0.25) is 0 Å². The highest BCUT2D eigenvalue weighted by molar-refractivity contribution is 5.93. The second-order valence-electron chi connectivity index (χ2n) is 6.47. The van der Waals surface area contributed by atoms with Crippen molar-refractivity contribution in [3.63, 3.8) is 0 Å². The number of hydrogen-bond acceptors (Lipinski definition) is 4. The highest BCUT2D eigenvalue weighted by atomic mass is 16.4. The SMILES string of the molecule is C[N+](C)(C)c1ccc2oc3c(CC(=O)[O-])cccc3c(=O)c2c1. The second kappa shape index (κ2) is 5.21. The second-order valence-corrected chi connectivity index (χ2v) is 6.47. The topological polar surface area (TPSA) is 70.3 Å². The van der Waals surface area contributed by atoms with Crippen molar-refractivity contribution in [1.82, 2.24) is 4.48 Å². The molecule has 5 nitrogen and oxygen atoms in total. The van der Waals surface area contributed by atoms with Gasteiger partial charge in [0.15, 0.2) is 0 Å². The van der Waals surface area contributed by atoms with Gasteiger partial charge in [0, 0.05) is 30.1 Å². The van der Waals surface area contributed by atoms with Crippen molar-refractivity contribution in [2.75, 3.05) is 21.1 Å². The molecule has 0 bridgehead atoms. The zero-order valence-electron chi connectivity index (χ0n) is 13.3. The summed E-state index contributed by atoms with van der Waals surface area (Å²) in [6, 6.07) is 10.4. The Balaban J connectivity index is 2.35. The number of quaternary nitrogens is 1. The summed E-state index contributed by atoms with van der Waals surface area (Å²) in [4.78, 5) is 23.7. The number of aliphatic carboxylic acids is 1. The third-order valence-corrected chi connectivity index (χ3v) is 3.87. The number of nitrogens with zero attached hydrogens (tertiary/aromatic N) is 1. The van der Waals surface area contributed by atoms with Crippen molar-refractivity contribution in [3.05, 3.63) is 52.2 Å². The van der Waals surface area contributed by atoms with Crippen LogP contribution in [0.15, 0.2) is 45.6 Å². The third kappa shape index (κ3) is 2.71. The number of carboxylic acids is 1. The lowest BCUT2D eigenvalue weighted by Crippen LogP contribution is -2.34. The summed E-state index contributed by atoms with van der Waals surface area (Å²) in [5.74, 6) is -1.21. The molecule has 0 aliphatic carbocycles. The van der Waals surface area contributed by atoms with Crippen LogP contribution >= 0.6 is 0 Å². The molecule has 1 heterocycles. The molecule has 0 saturated heterocycles. The predicted octanol–water partition coefficient (Wildman–Crippen LogP) is 1.44. The first kappa shape index (κ1) is 15.2. The molecule has 0 spiro atoms. The minimum absolute atomic E-state index is 0.156. The monoisotopic (exact) mass is 311 g/mol. The van der Waals surface area contributed by atoms with Gasteiger partial charge in [0.05, 0.1) is 31.9 Å². The van der Waals surface area contributed by atoms with Crippen LogP contribution in [0.25, 0.3) is 21.9 Å². The molecule has 0 saturated carbocycles. The molecule has 0 atom stereocenters. The number of carbonyl (C=O) groups is 1. The smallest absolute Gasteiger partial charge is 0.200 e. The summed E-state index contributed by atoms with van der Waals surface area (Å²) in [5.41, 5.74) is 2.03. The molecule has 23 heavy (non-hydrogen) atoms. The Morgan fingerprint density at radius 3 is 2.52 bits per heavy atom. The number of carbonyl (C=O) groups excluding carboxylic acids is 1. The van der Waals surface area contributed by atoms with Gasteiger partial charge in [-0.15, -0.1) is 0 Å². The van der Waals surface area contributed by atoms with E-state index in [1.807, 2.05) is 33.3 Å². The van der Waals surface area contributed by atoms with Crippen LogP contribution in [0, 0.1) is 0 Å². The Hall–Kier alpha value is -2.66. The molecule has 3 aromatic rings. The van der Waals surface area contributed by atoms with Crippen molar-refractivity contribution in [3.8, 4) is 0 Å². The summed E-state index contributed by atoms with van der Waals surface area (Å²) in [7, 11) is 6.05. The van der Waals surface area contributed by atoms with Crippen LogP contribution in [0.1, 0.15) is 5.56 Å². The lowest BCUT2D eigenvalue weighted by Gasteiger charge is -2.23. The molecule has 0 unspecified atom stereocenters. The van der Waals surface area contributed by atoms with E-state index >= 15 is 0 Å². The lowest BCUT2D eigenvalue weighted by molar-refractivity contribution is -0.304. The Morgan fingerprint density at radius 1 is 1.13 bits per heavy atom. The molecule has 0 N–H and O–H groups in total. The van der Waals surface area contributed by atoms with Gasteiger partial charge in [-0.2, -0.15) is 0 Å². The zero-order valence-corrected chi connectivity index (χ0v) is 13.3. The van der Waals surface area contributed by atoms with E-state index in [1.165, 1.54) is 0 Å². The Morgan fingerprint density at radius 2 is 1.87 bits per heavy atom. The van der Waals surface area contributed by atoms with Gasteiger partial charge in [0.2, 0.25) is 5.43 Å². The maximum atomic E-state index is 12.8. The van der Waals surface area contributed by atoms with Crippen LogP contribution in [0.4, 0.5) is 5.69 Å². The quantitative estimate of drug-likeness (QED) is 0.542. The van der Waals surface area contributed by atoms with E-state index < -0.39 is 5.97 Å². The summed E-state index contributed by atoms with van der Waals surface area (Å²) in [6.45, 7) is 0. The third-order valence-electron chi connectivity index (χ3n) is 3.87. The molecule has 0 aliphatic rings. The van der Waals surface area contributed by atoms with Crippen LogP contribution in [0.3, 0.4) is 0 Å². The van der Waals surface area contributed by atoms with Crippen molar-refractivity contribution in [1.29, 1.82) is 0 Å². The molecule has 118 valence electrons. The molecule has 3 rings (SSSR count). The number of fused-ring (bicyclic) bond motifs is 2. The molecule has 1 aromatic heterocycles. The van der Waals surface area contributed by atoms with Gasteiger partial charge < -0.3 is 14.3 Å². The molecule has 0 fully saturated rings. The minimum atomic E-state index is -1.21. The minimum Gasteiger partial charge on any atom is -0.550 e. The summed E-state index contributed by atoms with van der Waals surface area (Å²) < 4.78 is 6.41. The maximum absolute atomic E-state index is 12.8. The van der Waals surface area contributed by atoms with E-state index in [4.69, 9.17) is 4.42 Å². The van der Waals surface area contributed by atoms with E-state index in [0.29, 0.717) is 32.0 Å². The molecule has 5 heteroatoms. The van der Waals surface area contributed by atoms with E-state index in [2.05, 4.69) is 0 Å². The maximum Gasteiger partial charge on any atom is 0.200 e. The van der Waals surface area contributed by atoms with Crippen LogP contribution < -0.4 is 15.0 Å². The Bertz CT molecular complexity index is 980. The molecular formula is C18H17NO4. The number of benzene rings is 2. The van der Waals surface area contributed by atoms with Crippen molar-refractivity contribution in [2.24, 2.45) is 0 Å². The highest BCUT2D eigenvalue weighted by Gasteiger charge is 2.16. The van der Waals surface area contributed by atoms with E-state index in [1.54, 1.807) is 24.3 Å². The molecule has 2 aromatic carbocycles. The van der Waals surface area contributed by atoms with E-state index in [0.717, 1.165) is 5.69 Å². The number of carboxylic acid groups (broad SMARTS) is 1. The zero-order chi connectivity index (χ0) is 16.8. The Kier molecular flexibility index (Phi) is 3.45. The van der Waals surface area contributed by atoms with E-state index in [-0.39, 0.29) is 11.8 Å². The summed E-state index contributed by atoms with van der Waals surface area (Å²) in [5, 5.41) is 11.8. The summed E-state index contributed by atoms with van der Waals surface area (Å²) in [6.07, 6.45) is -0.289.